The van der Waals surface area contributed by atoms with Crippen LogP contribution in [0, 0.1) is 0 Å². The molecular weight excluding hydrogens is 705 g/mol. The van der Waals surface area contributed by atoms with Gasteiger partial charge in [-0.3, -0.25) is 4.98 Å². The Hall–Kier alpha value is -7.30. The molecule has 0 N–H and O–H groups in total. The Balaban J connectivity index is 1.08. The lowest BCUT2D eigenvalue weighted by Crippen LogP contribution is -2.40. The third-order valence-electron chi connectivity index (χ3n) is 12.3. The van der Waals surface area contributed by atoms with E-state index in [0.29, 0.717) is 17.5 Å². The fraction of sp³-hybridized carbons (Fsp3) is 0.0741. The Morgan fingerprint density at radius 3 is 1.47 bits per heavy atom. The Morgan fingerprint density at radius 1 is 0.328 bits per heavy atom. The molecule has 0 unspecified atom stereocenters. The molecule has 7 aromatic carbocycles. The highest BCUT2D eigenvalue weighted by Gasteiger charge is 2.53. The lowest BCUT2D eigenvalue weighted by molar-refractivity contribution is 0.563. The molecule has 2 aliphatic carbocycles. The average molecular weight is 743 g/mol. The van der Waals surface area contributed by atoms with E-state index in [1.54, 1.807) is 0 Å². The van der Waals surface area contributed by atoms with E-state index in [-0.39, 0.29) is 5.41 Å². The molecule has 4 heteroatoms. The van der Waals surface area contributed by atoms with Crippen LogP contribution in [0.4, 0.5) is 0 Å². The van der Waals surface area contributed by atoms with Crippen molar-refractivity contribution in [2.75, 3.05) is 0 Å². The van der Waals surface area contributed by atoms with Gasteiger partial charge in [0.05, 0.1) is 11.1 Å². The highest BCUT2D eigenvalue weighted by Crippen LogP contribution is 2.62. The maximum Gasteiger partial charge on any atom is 0.164 e. The molecule has 11 rings (SSSR count). The average Bonchev–Trinajstić information content (AvgIpc) is 3.59. The molecular formula is C54H38N4. The van der Waals surface area contributed by atoms with Gasteiger partial charge in [0.2, 0.25) is 0 Å². The number of aromatic nitrogens is 4. The molecule has 0 saturated carbocycles. The van der Waals surface area contributed by atoms with Gasteiger partial charge in [-0.2, -0.15) is 0 Å². The summed E-state index contributed by atoms with van der Waals surface area (Å²) in [4.78, 5) is 19.9. The van der Waals surface area contributed by atoms with E-state index in [4.69, 9.17) is 15.0 Å². The van der Waals surface area contributed by atoms with Gasteiger partial charge in [0.1, 0.15) is 0 Å². The van der Waals surface area contributed by atoms with Crippen LogP contribution in [0.15, 0.2) is 194 Å². The zero-order valence-electron chi connectivity index (χ0n) is 32.3. The van der Waals surface area contributed by atoms with Gasteiger partial charge in [0.15, 0.2) is 17.5 Å². The van der Waals surface area contributed by atoms with Crippen molar-refractivity contribution in [2.45, 2.75) is 24.7 Å². The van der Waals surface area contributed by atoms with Gasteiger partial charge < -0.3 is 0 Å². The predicted octanol–water partition coefficient (Wildman–Crippen LogP) is 12.6. The van der Waals surface area contributed by atoms with Crippen molar-refractivity contribution >= 4 is 0 Å². The van der Waals surface area contributed by atoms with Crippen LogP contribution in [0.1, 0.15) is 47.2 Å². The van der Waals surface area contributed by atoms with Gasteiger partial charge in [-0.1, -0.05) is 172 Å². The Labute approximate surface area is 338 Å². The van der Waals surface area contributed by atoms with Crippen molar-refractivity contribution < 1.29 is 0 Å². The summed E-state index contributed by atoms with van der Waals surface area (Å²) in [5.74, 6) is 1.86. The van der Waals surface area contributed by atoms with Crippen LogP contribution in [0.5, 0.6) is 0 Å². The van der Waals surface area contributed by atoms with Crippen molar-refractivity contribution in [2.24, 2.45) is 0 Å². The maximum absolute atomic E-state index is 5.14. The van der Waals surface area contributed by atoms with E-state index in [0.717, 1.165) is 39.1 Å². The molecule has 0 fully saturated rings. The van der Waals surface area contributed by atoms with Gasteiger partial charge in [-0.15, -0.1) is 0 Å². The summed E-state index contributed by atoms with van der Waals surface area (Å²) < 4.78 is 0. The van der Waals surface area contributed by atoms with Crippen molar-refractivity contribution in [3.8, 4) is 67.7 Å². The van der Waals surface area contributed by atoms with Crippen molar-refractivity contribution in [3.63, 3.8) is 0 Å². The molecule has 2 heterocycles. The van der Waals surface area contributed by atoms with E-state index < -0.39 is 5.41 Å². The highest BCUT2D eigenvalue weighted by molar-refractivity contribution is 5.90. The van der Waals surface area contributed by atoms with E-state index in [9.17, 15) is 0 Å². The minimum atomic E-state index is -0.459. The Morgan fingerprint density at radius 2 is 0.810 bits per heavy atom. The topological polar surface area (TPSA) is 51.6 Å². The van der Waals surface area contributed by atoms with Gasteiger partial charge in [-0.25, -0.2) is 15.0 Å². The van der Waals surface area contributed by atoms with E-state index >= 15 is 0 Å². The second kappa shape index (κ2) is 13.1. The predicted molar refractivity (Wildman–Crippen MR) is 234 cm³/mol. The molecule has 1 spiro atoms. The second-order valence-electron chi connectivity index (χ2n) is 15.8. The molecule has 0 aliphatic heterocycles. The van der Waals surface area contributed by atoms with Crippen molar-refractivity contribution in [3.05, 3.63) is 228 Å². The van der Waals surface area contributed by atoms with Crippen LogP contribution in [0.25, 0.3) is 67.7 Å². The first-order chi connectivity index (χ1) is 28.5. The minimum absolute atomic E-state index is 0.149. The zero-order valence-corrected chi connectivity index (χ0v) is 32.3. The summed E-state index contributed by atoms with van der Waals surface area (Å²) in [6.45, 7) is 4.74. The summed E-state index contributed by atoms with van der Waals surface area (Å²) in [7, 11) is 0. The molecule has 9 aromatic rings. The third kappa shape index (κ3) is 5.15. The first kappa shape index (κ1) is 34.0. The summed E-state index contributed by atoms with van der Waals surface area (Å²) >= 11 is 0. The number of fused-ring (bicyclic) bond motifs is 9. The number of rotatable bonds is 5. The third-order valence-corrected chi connectivity index (χ3v) is 12.3. The summed E-state index contributed by atoms with van der Waals surface area (Å²) in [5, 5.41) is 0. The first-order valence-corrected chi connectivity index (χ1v) is 19.9. The number of pyridine rings is 1. The minimum Gasteiger partial charge on any atom is -0.256 e. The molecule has 0 atom stereocenters. The maximum atomic E-state index is 5.14. The quantitative estimate of drug-likeness (QED) is 0.176. The van der Waals surface area contributed by atoms with Crippen LogP contribution < -0.4 is 0 Å². The highest BCUT2D eigenvalue weighted by atomic mass is 15.0. The second-order valence-corrected chi connectivity index (χ2v) is 15.8. The molecule has 274 valence electrons. The normalized spacial score (nSPS) is 14.0. The fourth-order valence-electron chi connectivity index (χ4n) is 9.58. The number of hydrogen-bond donors (Lipinski definition) is 0. The lowest BCUT2D eigenvalue weighted by atomic mass is 9.55. The monoisotopic (exact) mass is 742 g/mol. The SMILES string of the molecule is CC1(C)c2ccccc2C2(c3ccccc3-c3ccc(-c4cccc(-c5nc(-c6ccccc6)nc(-c6cccc(-c7ccccn7)c6)n5)c4)cc32)c2ccccc21. The van der Waals surface area contributed by atoms with Gasteiger partial charge in [-0.05, 0) is 86.0 Å². The number of hydrogen-bond acceptors (Lipinski definition) is 4. The smallest absolute Gasteiger partial charge is 0.164 e. The Kier molecular flexibility index (Phi) is 7.70. The van der Waals surface area contributed by atoms with E-state index in [1.165, 1.54) is 44.5 Å². The molecule has 58 heavy (non-hydrogen) atoms. The summed E-state index contributed by atoms with van der Waals surface area (Å²) in [6, 6.07) is 67.2. The molecule has 2 aliphatic rings. The standard InChI is InChI=1S/C54H38N4/c1-53(2)44-24-8-10-26-46(44)54(47-27-11-9-25-45(47)53)43-23-7-6-22-41(43)42-30-29-37(34-48(42)54)36-18-14-20-39(32-36)51-56-50(35-16-4-3-5-17-35)57-52(58-51)40-21-15-19-38(33-40)49-28-12-13-31-55-49/h3-34H,1-2H3. The molecule has 0 amide bonds. The lowest BCUT2D eigenvalue weighted by Gasteiger charge is -2.46. The summed E-state index contributed by atoms with van der Waals surface area (Å²) in [6.07, 6.45) is 1.82. The first-order valence-electron chi connectivity index (χ1n) is 19.9. The molecule has 0 radical (unpaired) electrons. The van der Waals surface area contributed by atoms with Crippen LogP contribution in [0.3, 0.4) is 0 Å². The van der Waals surface area contributed by atoms with Crippen LogP contribution in [-0.2, 0) is 10.8 Å². The fourth-order valence-corrected chi connectivity index (χ4v) is 9.58. The molecule has 0 saturated heterocycles. The largest absolute Gasteiger partial charge is 0.256 e. The van der Waals surface area contributed by atoms with E-state index in [2.05, 4.69) is 152 Å². The number of benzene rings is 7. The van der Waals surface area contributed by atoms with E-state index in [1.807, 2.05) is 60.8 Å². The Bertz CT molecular complexity index is 2990. The molecule has 0 bridgehead atoms. The molecule has 2 aromatic heterocycles. The molecule has 4 nitrogen and oxygen atoms in total. The van der Waals surface area contributed by atoms with Gasteiger partial charge >= 0.3 is 0 Å². The van der Waals surface area contributed by atoms with Crippen LogP contribution >= 0.6 is 0 Å². The van der Waals surface area contributed by atoms with Gasteiger partial charge in [0, 0.05) is 33.9 Å². The summed E-state index contributed by atoms with van der Waals surface area (Å²) in [5.41, 5.74) is 17.0. The van der Waals surface area contributed by atoms with Crippen LogP contribution in [-0.4, -0.2) is 19.9 Å². The van der Waals surface area contributed by atoms with Crippen molar-refractivity contribution in [1.29, 1.82) is 0 Å². The van der Waals surface area contributed by atoms with Gasteiger partial charge in [0.25, 0.3) is 0 Å². The zero-order chi connectivity index (χ0) is 38.8. The van der Waals surface area contributed by atoms with Crippen LogP contribution in [0.2, 0.25) is 0 Å². The van der Waals surface area contributed by atoms with Crippen molar-refractivity contribution in [1.82, 2.24) is 19.9 Å². The number of nitrogens with zero attached hydrogens (tertiary/aromatic N) is 4.